The normalized spacial score (nSPS) is 13.3. The van der Waals surface area contributed by atoms with E-state index in [0.717, 1.165) is 5.56 Å². The molecule has 2 rings (SSSR count). The quantitative estimate of drug-likeness (QED) is 0.771. The minimum absolute atomic E-state index is 0.0729. The van der Waals surface area contributed by atoms with Crippen molar-refractivity contribution in [1.82, 2.24) is 5.32 Å². The summed E-state index contributed by atoms with van der Waals surface area (Å²) in [4.78, 5) is 23.6. The van der Waals surface area contributed by atoms with E-state index in [1.54, 1.807) is 24.3 Å². The summed E-state index contributed by atoms with van der Waals surface area (Å²) in [5.41, 5.74) is 1.52. The van der Waals surface area contributed by atoms with Gasteiger partial charge < -0.3 is 5.11 Å². The van der Waals surface area contributed by atoms with Gasteiger partial charge in [0.1, 0.15) is 6.04 Å². The number of hydrogen-bond donors (Lipinski definition) is 2. The number of ketones is 1. The van der Waals surface area contributed by atoms with Gasteiger partial charge in [0.05, 0.1) is 0 Å². The first-order chi connectivity index (χ1) is 10.6. The Morgan fingerprint density at radius 1 is 1.00 bits per heavy atom. The fourth-order valence-electron chi connectivity index (χ4n) is 2.28. The number of nitrogens with one attached hydrogen (secondary N) is 1. The van der Waals surface area contributed by atoms with Crippen LogP contribution in [0.5, 0.6) is 0 Å². The molecule has 0 heterocycles. The summed E-state index contributed by atoms with van der Waals surface area (Å²) < 4.78 is 0. The Balaban J connectivity index is 2.04. The number of aliphatic carboxylic acids is 1. The number of Topliss-reactive ketones (excluding diaryl/α,β-unsaturated/α-hetero) is 1. The van der Waals surface area contributed by atoms with Gasteiger partial charge in [-0.1, -0.05) is 60.7 Å². The molecule has 0 aromatic heterocycles. The van der Waals surface area contributed by atoms with Gasteiger partial charge in [-0.05, 0) is 12.5 Å². The maximum Gasteiger partial charge on any atom is 0.321 e. The van der Waals surface area contributed by atoms with Crippen molar-refractivity contribution in [2.24, 2.45) is 0 Å². The molecular formula is C18H19NO3. The van der Waals surface area contributed by atoms with Crippen molar-refractivity contribution in [2.45, 2.75) is 25.4 Å². The van der Waals surface area contributed by atoms with Crippen molar-refractivity contribution in [1.29, 1.82) is 0 Å². The molecule has 0 aliphatic heterocycles. The zero-order valence-corrected chi connectivity index (χ0v) is 12.4. The van der Waals surface area contributed by atoms with Crippen LogP contribution in [-0.2, 0) is 4.79 Å². The summed E-state index contributed by atoms with van der Waals surface area (Å²) in [6.07, 6.45) is -0.0729. The molecule has 0 amide bonds. The van der Waals surface area contributed by atoms with Gasteiger partial charge in [-0.25, -0.2) is 0 Å². The molecule has 22 heavy (non-hydrogen) atoms. The first kappa shape index (κ1) is 15.9. The molecule has 4 nitrogen and oxygen atoms in total. The lowest BCUT2D eigenvalue weighted by molar-refractivity contribution is -0.139. The van der Waals surface area contributed by atoms with Crippen molar-refractivity contribution in [3.63, 3.8) is 0 Å². The lowest BCUT2D eigenvalue weighted by Crippen LogP contribution is -2.40. The van der Waals surface area contributed by atoms with Crippen LogP contribution in [0.4, 0.5) is 0 Å². The molecule has 0 spiro atoms. The first-order valence-corrected chi connectivity index (χ1v) is 7.20. The predicted octanol–water partition coefficient (Wildman–Crippen LogP) is 3.06. The zero-order valence-electron chi connectivity index (χ0n) is 12.4. The topological polar surface area (TPSA) is 66.4 Å². The number of carbonyl (C=O) groups is 2. The second kappa shape index (κ2) is 7.52. The molecule has 0 unspecified atom stereocenters. The van der Waals surface area contributed by atoms with E-state index in [9.17, 15) is 14.7 Å². The molecule has 2 N–H and O–H groups in total. The molecule has 2 aromatic rings. The fourth-order valence-corrected chi connectivity index (χ4v) is 2.28. The fraction of sp³-hybridized carbons (Fsp3) is 0.222. The van der Waals surface area contributed by atoms with E-state index in [2.05, 4.69) is 5.32 Å². The third-order valence-electron chi connectivity index (χ3n) is 3.53. The van der Waals surface area contributed by atoms with Crippen LogP contribution in [0.3, 0.4) is 0 Å². The molecule has 4 heteroatoms. The molecule has 0 bridgehead atoms. The van der Waals surface area contributed by atoms with E-state index in [4.69, 9.17) is 0 Å². The van der Waals surface area contributed by atoms with Crippen molar-refractivity contribution in [2.75, 3.05) is 0 Å². The van der Waals surface area contributed by atoms with E-state index >= 15 is 0 Å². The van der Waals surface area contributed by atoms with Gasteiger partial charge in [0, 0.05) is 18.0 Å². The summed E-state index contributed by atoms with van der Waals surface area (Å²) in [6.45, 7) is 1.89. The average Bonchev–Trinajstić information content (AvgIpc) is 2.55. The number of carbonyl (C=O) groups excluding carboxylic acids is 1. The summed E-state index contributed by atoms with van der Waals surface area (Å²) in [6, 6.07) is 17.2. The Labute approximate surface area is 129 Å². The second-order valence-corrected chi connectivity index (χ2v) is 5.18. The number of rotatable bonds is 7. The van der Waals surface area contributed by atoms with E-state index in [-0.39, 0.29) is 18.2 Å². The molecular weight excluding hydrogens is 278 g/mol. The van der Waals surface area contributed by atoms with Crippen LogP contribution >= 0.6 is 0 Å². The summed E-state index contributed by atoms with van der Waals surface area (Å²) >= 11 is 0. The largest absolute Gasteiger partial charge is 0.480 e. The summed E-state index contributed by atoms with van der Waals surface area (Å²) in [5, 5.41) is 12.4. The third kappa shape index (κ3) is 4.27. The van der Waals surface area contributed by atoms with Gasteiger partial charge in [-0.2, -0.15) is 0 Å². The van der Waals surface area contributed by atoms with Crippen molar-refractivity contribution in [3.8, 4) is 0 Å². The molecule has 0 saturated heterocycles. The molecule has 0 saturated carbocycles. The summed E-state index contributed by atoms with van der Waals surface area (Å²) in [5.74, 6) is -1.20. The van der Waals surface area contributed by atoms with Crippen LogP contribution in [-0.4, -0.2) is 22.9 Å². The highest BCUT2D eigenvalue weighted by molar-refractivity contribution is 5.98. The predicted molar refractivity (Wildman–Crippen MR) is 84.8 cm³/mol. The van der Waals surface area contributed by atoms with Crippen LogP contribution in [0.15, 0.2) is 60.7 Å². The lowest BCUT2D eigenvalue weighted by atomic mass is 10.0. The highest BCUT2D eigenvalue weighted by Crippen LogP contribution is 2.14. The van der Waals surface area contributed by atoms with Gasteiger partial charge in [-0.15, -0.1) is 0 Å². The maximum atomic E-state index is 12.2. The SMILES string of the molecule is C[C@H](N[C@H](CC(=O)c1ccccc1)C(=O)O)c1ccccc1. The molecule has 0 radical (unpaired) electrons. The van der Waals surface area contributed by atoms with E-state index in [1.165, 1.54) is 0 Å². The van der Waals surface area contributed by atoms with Gasteiger partial charge in [0.2, 0.25) is 0 Å². The number of carboxylic acids is 1. The van der Waals surface area contributed by atoms with Crippen LogP contribution in [0.25, 0.3) is 0 Å². The standard InChI is InChI=1S/C18H19NO3/c1-13(14-8-4-2-5-9-14)19-16(18(21)22)12-17(20)15-10-6-3-7-11-15/h2-11,13,16,19H,12H2,1H3,(H,21,22)/t13-,16+/m0/s1. The first-order valence-electron chi connectivity index (χ1n) is 7.20. The Hall–Kier alpha value is -2.46. The molecule has 0 aliphatic rings. The van der Waals surface area contributed by atoms with Gasteiger partial charge in [0.15, 0.2) is 5.78 Å². The minimum Gasteiger partial charge on any atom is -0.480 e. The van der Waals surface area contributed by atoms with Crippen LogP contribution < -0.4 is 5.32 Å². The Bertz CT molecular complexity index is 625. The Kier molecular flexibility index (Phi) is 5.44. The molecule has 0 aliphatic carbocycles. The van der Waals surface area contributed by atoms with Gasteiger partial charge >= 0.3 is 5.97 Å². The van der Waals surface area contributed by atoms with E-state index in [1.807, 2.05) is 43.3 Å². The molecule has 0 fully saturated rings. The zero-order chi connectivity index (χ0) is 15.9. The highest BCUT2D eigenvalue weighted by atomic mass is 16.4. The van der Waals surface area contributed by atoms with E-state index in [0.29, 0.717) is 5.56 Å². The maximum absolute atomic E-state index is 12.2. The lowest BCUT2D eigenvalue weighted by Gasteiger charge is -2.20. The molecule has 2 atom stereocenters. The van der Waals surface area contributed by atoms with Crippen LogP contribution in [0, 0.1) is 0 Å². The Morgan fingerprint density at radius 3 is 2.09 bits per heavy atom. The van der Waals surface area contributed by atoms with Gasteiger partial charge in [-0.3, -0.25) is 14.9 Å². The minimum atomic E-state index is -1.02. The monoisotopic (exact) mass is 297 g/mol. The van der Waals surface area contributed by atoms with E-state index < -0.39 is 12.0 Å². The van der Waals surface area contributed by atoms with Gasteiger partial charge in [0.25, 0.3) is 0 Å². The summed E-state index contributed by atoms with van der Waals surface area (Å²) in [7, 11) is 0. The molecule has 114 valence electrons. The molecule has 2 aromatic carbocycles. The van der Waals surface area contributed by atoms with Crippen molar-refractivity contribution >= 4 is 11.8 Å². The van der Waals surface area contributed by atoms with Crippen LogP contribution in [0.2, 0.25) is 0 Å². The third-order valence-corrected chi connectivity index (χ3v) is 3.53. The number of hydrogen-bond acceptors (Lipinski definition) is 3. The van der Waals surface area contributed by atoms with Crippen molar-refractivity contribution < 1.29 is 14.7 Å². The van der Waals surface area contributed by atoms with Crippen molar-refractivity contribution in [3.05, 3.63) is 71.8 Å². The number of benzene rings is 2. The van der Waals surface area contributed by atoms with Crippen LogP contribution in [0.1, 0.15) is 35.3 Å². The highest BCUT2D eigenvalue weighted by Gasteiger charge is 2.23. The smallest absolute Gasteiger partial charge is 0.321 e. The number of carboxylic acid groups (broad SMARTS) is 1. The Morgan fingerprint density at radius 2 is 1.55 bits per heavy atom. The average molecular weight is 297 g/mol. The second-order valence-electron chi connectivity index (χ2n) is 5.18.